The van der Waals surface area contributed by atoms with Gasteiger partial charge in [-0.1, -0.05) is 25.0 Å². The molecule has 1 aliphatic rings. The molecule has 1 aromatic carbocycles. The van der Waals surface area contributed by atoms with Crippen LogP contribution in [-0.4, -0.2) is 39.1 Å². The van der Waals surface area contributed by atoms with E-state index in [1.165, 1.54) is 0 Å². The lowest BCUT2D eigenvalue weighted by molar-refractivity contribution is -0.117. The minimum absolute atomic E-state index is 0.270. The molecule has 2 N–H and O–H groups in total. The highest BCUT2D eigenvalue weighted by Crippen LogP contribution is 2.35. The van der Waals surface area contributed by atoms with Crippen LogP contribution in [-0.2, 0) is 14.3 Å². The molecule has 196 valence electrons. The second-order valence-electron chi connectivity index (χ2n) is 11.3. The summed E-state index contributed by atoms with van der Waals surface area (Å²) in [7, 11) is 0. The maximum atomic E-state index is 13.1. The smallest absolute Gasteiger partial charge is 0.437 e. The standard InChI is InChI=1S/C27H38N4O5/c1-17(18-12-14-20(15-13-18)28-24(33)35-26(2,3)4)23(32)29-22-16-21(19-10-8-9-11-19)30-31(22)25(34)36-27(5,6)7/h12-17,19H,8-11H2,1-7H3,(H,28,33)(H,29,32). The van der Waals surface area contributed by atoms with Gasteiger partial charge in [0.25, 0.3) is 0 Å². The Labute approximate surface area is 212 Å². The van der Waals surface area contributed by atoms with E-state index in [1.54, 1.807) is 78.8 Å². The zero-order chi connectivity index (χ0) is 26.7. The molecule has 0 saturated heterocycles. The summed E-state index contributed by atoms with van der Waals surface area (Å²) in [5.74, 6) is -0.235. The molecule has 0 bridgehead atoms. The summed E-state index contributed by atoms with van der Waals surface area (Å²) in [6, 6.07) is 8.74. The summed E-state index contributed by atoms with van der Waals surface area (Å²) in [5.41, 5.74) is 0.811. The number of nitrogens with zero attached hydrogens (tertiary/aromatic N) is 2. The highest BCUT2D eigenvalue weighted by molar-refractivity contribution is 5.96. The number of anilines is 2. The van der Waals surface area contributed by atoms with E-state index in [4.69, 9.17) is 9.47 Å². The number of carbonyl (C=O) groups is 3. The summed E-state index contributed by atoms with van der Waals surface area (Å²) < 4.78 is 11.9. The molecule has 1 heterocycles. The molecule has 1 saturated carbocycles. The van der Waals surface area contributed by atoms with Crippen LogP contribution in [0.3, 0.4) is 0 Å². The number of carbonyl (C=O) groups excluding carboxylic acids is 3. The van der Waals surface area contributed by atoms with Crippen molar-refractivity contribution in [2.24, 2.45) is 0 Å². The van der Waals surface area contributed by atoms with Crippen molar-refractivity contribution < 1.29 is 23.9 Å². The topological polar surface area (TPSA) is 112 Å². The van der Waals surface area contributed by atoms with Crippen LogP contribution < -0.4 is 10.6 Å². The van der Waals surface area contributed by atoms with Gasteiger partial charge < -0.3 is 14.8 Å². The Morgan fingerprint density at radius 2 is 1.53 bits per heavy atom. The first-order chi connectivity index (χ1) is 16.7. The highest BCUT2D eigenvalue weighted by Gasteiger charge is 2.28. The highest BCUT2D eigenvalue weighted by atomic mass is 16.6. The van der Waals surface area contributed by atoms with E-state index < -0.39 is 29.3 Å². The summed E-state index contributed by atoms with van der Waals surface area (Å²) in [4.78, 5) is 37.9. The maximum Gasteiger partial charge on any atom is 0.437 e. The van der Waals surface area contributed by atoms with Crippen molar-refractivity contribution in [2.45, 2.75) is 97.2 Å². The number of ether oxygens (including phenoxy) is 2. The van der Waals surface area contributed by atoms with Crippen LogP contribution in [0.4, 0.5) is 21.1 Å². The number of nitrogens with one attached hydrogen (secondary N) is 2. The Balaban J connectivity index is 1.73. The maximum absolute atomic E-state index is 13.1. The third-order valence-electron chi connectivity index (χ3n) is 5.77. The zero-order valence-corrected chi connectivity index (χ0v) is 22.3. The molecule has 1 unspecified atom stereocenters. The van der Waals surface area contributed by atoms with Gasteiger partial charge in [0.15, 0.2) is 0 Å². The van der Waals surface area contributed by atoms with Crippen molar-refractivity contribution in [3.05, 3.63) is 41.6 Å². The van der Waals surface area contributed by atoms with Crippen LogP contribution >= 0.6 is 0 Å². The van der Waals surface area contributed by atoms with Gasteiger partial charge in [0.1, 0.15) is 17.0 Å². The van der Waals surface area contributed by atoms with Gasteiger partial charge in [0.2, 0.25) is 5.91 Å². The van der Waals surface area contributed by atoms with Crippen LogP contribution in [0.15, 0.2) is 30.3 Å². The van der Waals surface area contributed by atoms with E-state index in [-0.39, 0.29) is 11.8 Å². The third kappa shape index (κ3) is 7.57. The van der Waals surface area contributed by atoms with Gasteiger partial charge >= 0.3 is 12.2 Å². The predicted octanol–water partition coefficient (Wildman–Crippen LogP) is 6.41. The van der Waals surface area contributed by atoms with Crippen molar-refractivity contribution >= 4 is 29.6 Å². The summed E-state index contributed by atoms with van der Waals surface area (Å²) >= 11 is 0. The largest absolute Gasteiger partial charge is 0.444 e. The molecule has 36 heavy (non-hydrogen) atoms. The molecular weight excluding hydrogens is 460 g/mol. The molecule has 1 fully saturated rings. The Bertz CT molecular complexity index is 1090. The normalized spacial score (nSPS) is 15.3. The Morgan fingerprint density at radius 1 is 0.944 bits per heavy atom. The van der Waals surface area contributed by atoms with Gasteiger partial charge in [-0.2, -0.15) is 5.10 Å². The van der Waals surface area contributed by atoms with Crippen LogP contribution in [0.5, 0.6) is 0 Å². The lowest BCUT2D eigenvalue weighted by Gasteiger charge is -2.20. The fraction of sp³-hybridized carbons (Fsp3) is 0.556. The lowest BCUT2D eigenvalue weighted by atomic mass is 10.00. The molecule has 9 nitrogen and oxygen atoms in total. The van der Waals surface area contributed by atoms with E-state index >= 15 is 0 Å². The summed E-state index contributed by atoms with van der Waals surface area (Å²) in [6.07, 6.45) is 3.10. The summed E-state index contributed by atoms with van der Waals surface area (Å²) in [5, 5.41) is 10.0. The summed E-state index contributed by atoms with van der Waals surface area (Å²) in [6.45, 7) is 12.5. The van der Waals surface area contributed by atoms with Crippen LogP contribution in [0.2, 0.25) is 0 Å². The second-order valence-corrected chi connectivity index (χ2v) is 11.3. The Kier molecular flexibility index (Phi) is 8.11. The molecule has 0 aliphatic heterocycles. The van der Waals surface area contributed by atoms with Gasteiger partial charge in [-0.3, -0.25) is 10.1 Å². The van der Waals surface area contributed by atoms with E-state index in [0.717, 1.165) is 41.6 Å². The molecule has 0 radical (unpaired) electrons. The van der Waals surface area contributed by atoms with Gasteiger partial charge in [0.05, 0.1) is 11.6 Å². The van der Waals surface area contributed by atoms with Crippen molar-refractivity contribution in [1.29, 1.82) is 0 Å². The first-order valence-corrected chi connectivity index (χ1v) is 12.5. The zero-order valence-electron chi connectivity index (χ0n) is 22.3. The van der Waals surface area contributed by atoms with Crippen molar-refractivity contribution in [1.82, 2.24) is 9.78 Å². The average molecular weight is 499 g/mol. The van der Waals surface area contributed by atoms with Crippen LogP contribution in [0, 0.1) is 0 Å². The minimum Gasteiger partial charge on any atom is -0.444 e. The molecule has 2 amide bonds. The minimum atomic E-state index is -0.694. The molecule has 1 atom stereocenters. The SMILES string of the molecule is CC(C(=O)Nc1cc(C2CCCC2)nn1C(=O)OC(C)(C)C)c1ccc(NC(=O)OC(C)(C)C)cc1. The fourth-order valence-corrected chi connectivity index (χ4v) is 4.02. The first kappa shape index (κ1) is 27.2. The van der Waals surface area contributed by atoms with E-state index in [9.17, 15) is 14.4 Å². The number of benzene rings is 1. The molecule has 9 heteroatoms. The lowest BCUT2D eigenvalue weighted by Crippen LogP contribution is -2.30. The molecule has 0 spiro atoms. The van der Waals surface area contributed by atoms with Gasteiger partial charge in [-0.05, 0) is 79.0 Å². The monoisotopic (exact) mass is 498 g/mol. The number of hydrogen-bond acceptors (Lipinski definition) is 6. The van der Waals surface area contributed by atoms with E-state index in [0.29, 0.717) is 11.5 Å². The second kappa shape index (κ2) is 10.7. The molecule has 1 aliphatic carbocycles. The number of aromatic nitrogens is 2. The number of rotatable bonds is 5. The van der Waals surface area contributed by atoms with Gasteiger partial charge in [0, 0.05) is 17.7 Å². The van der Waals surface area contributed by atoms with Crippen LogP contribution in [0.25, 0.3) is 0 Å². The van der Waals surface area contributed by atoms with Crippen LogP contribution in [0.1, 0.15) is 97.2 Å². The molecular formula is C27H38N4O5. The first-order valence-electron chi connectivity index (χ1n) is 12.5. The van der Waals surface area contributed by atoms with E-state index in [1.807, 2.05) is 0 Å². The van der Waals surface area contributed by atoms with Crippen molar-refractivity contribution in [2.75, 3.05) is 10.6 Å². The van der Waals surface area contributed by atoms with E-state index in [2.05, 4.69) is 15.7 Å². The van der Waals surface area contributed by atoms with Gasteiger partial charge in [-0.15, -0.1) is 4.68 Å². The van der Waals surface area contributed by atoms with Gasteiger partial charge in [-0.25, -0.2) is 9.59 Å². The Morgan fingerprint density at radius 3 is 2.08 bits per heavy atom. The number of hydrogen-bond donors (Lipinski definition) is 2. The van der Waals surface area contributed by atoms with Crippen molar-refractivity contribution in [3.8, 4) is 0 Å². The molecule has 2 aromatic rings. The fourth-order valence-electron chi connectivity index (χ4n) is 4.02. The third-order valence-corrected chi connectivity index (χ3v) is 5.77. The number of amides is 2. The molecule has 3 rings (SSSR count). The average Bonchev–Trinajstić information content (AvgIpc) is 3.41. The predicted molar refractivity (Wildman–Crippen MR) is 138 cm³/mol. The van der Waals surface area contributed by atoms with Crippen molar-refractivity contribution in [3.63, 3.8) is 0 Å². The quantitative estimate of drug-likeness (QED) is 0.492. The Hall–Kier alpha value is -3.36. The molecule has 1 aromatic heterocycles.